The number of aromatic nitrogens is 1. The van der Waals surface area contributed by atoms with Crippen LogP contribution in [0.5, 0.6) is 0 Å². The van der Waals surface area contributed by atoms with Crippen LogP contribution in [0.4, 0.5) is 5.82 Å². The lowest BCUT2D eigenvalue weighted by Crippen LogP contribution is -2.14. The lowest BCUT2D eigenvalue weighted by molar-refractivity contribution is 0.101. The van der Waals surface area contributed by atoms with Crippen LogP contribution < -0.4 is 4.72 Å². The molecule has 1 aromatic heterocycles. The summed E-state index contributed by atoms with van der Waals surface area (Å²) in [5.41, 5.74) is 2.23. The number of Topliss-reactive ketones (excluding diaryl/α,β-unsaturated/α-hetero) is 1. The van der Waals surface area contributed by atoms with Gasteiger partial charge in [-0.1, -0.05) is 42.5 Å². The van der Waals surface area contributed by atoms with Gasteiger partial charge in [0.15, 0.2) is 5.78 Å². The van der Waals surface area contributed by atoms with E-state index in [0.29, 0.717) is 5.56 Å². The van der Waals surface area contributed by atoms with Crippen LogP contribution in [0.15, 0.2) is 77.8 Å². The minimum absolute atomic E-state index is 0.0223. The lowest BCUT2D eigenvalue weighted by atomic mass is 10.1. The van der Waals surface area contributed by atoms with Gasteiger partial charge < -0.3 is 0 Å². The molecule has 3 rings (SSSR count). The smallest absolute Gasteiger partial charge is 0.263 e. The number of hydrogen-bond acceptors (Lipinski definition) is 4. The Bertz CT molecular complexity index is 998. The molecule has 25 heavy (non-hydrogen) atoms. The predicted molar refractivity (Wildman–Crippen MR) is 96.9 cm³/mol. The van der Waals surface area contributed by atoms with Crippen molar-refractivity contribution in [3.63, 3.8) is 0 Å². The van der Waals surface area contributed by atoms with Crippen LogP contribution in [0.3, 0.4) is 0 Å². The number of nitrogens with zero attached hydrogens (tertiary/aromatic N) is 1. The molecule has 0 radical (unpaired) electrons. The number of carbonyl (C=O) groups is 1. The zero-order valence-corrected chi connectivity index (χ0v) is 14.3. The number of hydrogen-bond donors (Lipinski definition) is 1. The first-order chi connectivity index (χ1) is 12.0. The summed E-state index contributed by atoms with van der Waals surface area (Å²) in [4.78, 5) is 15.6. The summed E-state index contributed by atoms with van der Waals surface area (Å²) in [7, 11) is -3.81. The minimum Gasteiger partial charge on any atom is -0.295 e. The van der Waals surface area contributed by atoms with E-state index < -0.39 is 10.0 Å². The van der Waals surface area contributed by atoms with Crippen LogP contribution in [-0.4, -0.2) is 19.2 Å². The fourth-order valence-corrected chi connectivity index (χ4v) is 3.39. The Labute approximate surface area is 146 Å². The molecule has 0 atom stereocenters. The van der Waals surface area contributed by atoms with Crippen molar-refractivity contribution in [1.29, 1.82) is 0 Å². The van der Waals surface area contributed by atoms with E-state index >= 15 is 0 Å². The molecule has 0 unspecified atom stereocenters. The summed E-state index contributed by atoms with van der Waals surface area (Å²) in [6, 6.07) is 19.0. The van der Waals surface area contributed by atoms with Crippen molar-refractivity contribution in [2.24, 2.45) is 0 Å². The summed E-state index contributed by atoms with van der Waals surface area (Å²) in [5, 5.41) is 0. The van der Waals surface area contributed by atoms with E-state index in [-0.39, 0.29) is 16.5 Å². The maximum Gasteiger partial charge on any atom is 0.263 e. The average Bonchev–Trinajstić information content (AvgIpc) is 2.63. The Morgan fingerprint density at radius 2 is 1.68 bits per heavy atom. The number of sulfonamides is 1. The lowest BCUT2D eigenvalue weighted by Gasteiger charge is -2.09. The third-order valence-electron chi connectivity index (χ3n) is 3.66. The molecular formula is C19H16N2O3S. The summed E-state index contributed by atoms with van der Waals surface area (Å²) in [6.07, 6.45) is 1.61. The van der Waals surface area contributed by atoms with E-state index in [1.54, 1.807) is 24.4 Å². The first-order valence-corrected chi connectivity index (χ1v) is 9.09. The van der Waals surface area contributed by atoms with E-state index in [4.69, 9.17) is 0 Å². The van der Waals surface area contributed by atoms with Gasteiger partial charge in [-0.05, 0) is 36.8 Å². The van der Waals surface area contributed by atoms with Crippen molar-refractivity contribution in [3.05, 3.63) is 78.5 Å². The van der Waals surface area contributed by atoms with Gasteiger partial charge in [0.1, 0.15) is 5.82 Å². The van der Waals surface area contributed by atoms with Gasteiger partial charge in [-0.15, -0.1) is 0 Å². The number of pyridine rings is 1. The second kappa shape index (κ2) is 6.86. The van der Waals surface area contributed by atoms with Crippen molar-refractivity contribution >= 4 is 21.6 Å². The first-order valence-electron chi connectivity index (χ1n) is 7.61. The Hall–Kier alpha value is -2.99. The number of nitrogens with one attached hydrogen (secondary N) is 1. The van der Waals surface area contributed by atoms with Gasteiger partial charge in [0, 0.05) is 17.3 Å². The molecule has 3 aromatic rings. The Kier molecular flexibility index (Phi) is 4.63. The average molecular weight is 352 g/mol. The highest BCUT2D eigenvalue weighted by atomic mass is 32.2. The van der Waals surface area contributed by atoms with Crippen LogP contribution in [-0.2, 0) is 10.0 Å². The molecular weight excluding hydrogens is 336 g/mol. The fraction of sp³-hybridized carbons (Fsp3) is 0.0526. The van der Waals surface area contributed by atoms with Crippen molar-refractivity contribution in [3.8, 4) is 11.1 Å². The van der Waals surface area contributed by atoms with Gasteiger partial charge in [0.25, 0.3) is 10.0 Å². The molecule has 0 saturated carbocycles. The molecule has 6 heteroatoms. The number of carbonyl (C=O) groups excluding carboxylic acids is 1. The molecule has 0 bridgehead atoms. The topological polar surface area (TPSA) is 76.1 Å². The van der Waals surface area contributed by atoms with Crippen LogP contribution >= 0.6 is 0 Å². The highest BCUT2D eigenvalue weighted by Gasteiger charge is 2.16. The molecule has 0 aliphatic heterocycles. The van der Waals surface area contributed by atoms with E-state index in [2.05, 4.69) is 9.71 Å². The van der Waals surface area contributed by atoms with Crippen LogP contribution in [0.25, 0.3) is 11.1 Å². The summed E-state index contributed by atoms with van der Waals surface area (Å²) in [5.74, 6) is 0.0234. The monoisotopic (exact) mass is 352 g/mol. The van der Waals surface area contributed by atoms with Gasteiger partial charge in [-0.25, -0.2) is 13.4 Å². The van der Waals surface area contributed by atoms with Crippen LogP contribution in [0.2, 0.25) is 0 Å². The Morgan fingerprint density at radius 3 is 2.32 bits per heavy atom. The van der Waals surface area contributed by atoms with Crippen molar-refractivity contribution < 1.29 is 13.2 Å². The number of ketones is 1. The maximum atomic E-state index is 12.5. The van der Waals surface area contributed by atoms with Gasteiger partial charge >= 0.3 is 0 Å². The zero-order valence-electron chi connectivity index (χ0n) is 13.5. The third-order valence-corrected chi connectivity index (χ3v) is 5.01. The molecule has 0 spiro atoms. The van der Waals surface area contributed by atoms with Crippen LogP contribution in [0.1, 0.15) is 17.3 Å². The zero-order chi connectivity index (χ0) is 17.9. The first kappa shape index (κ1) is 16.9. The molecule has 1 heterocycles. The quantitative estimate of drug-likeness (QED) is 0.710. The van der Waals surface area contributed by atoms with Crippen molar-refractivity contribution in [1.82, 2.24) is 4.98 Å². The van der Waals surface area contributed by atoms with E-state index in [1.807, 2.05) is 30.3 Å². The highest BCUT2D eigenvalue weighted by Crippen LogP contribution is 2.21. The SMILES string of the molecule is CC(=O)c1cccc(S(=O)(=O)Nc2ccc(-c3ccccc3)cn2)c1. The highest BCUT2D eigenvalue weighted by molar-refractivity contribution is 7.92. The molecule has 0 amide bonds. The second-order valence-corrected chi connectivity index (χ2v) is 7.17. The minimum atomic E-state index is -3.81. The largest absolute Gasteiger partial charge is 0.295 e. The molecule has 0 saturated heterocycles. The van der Waals surface area contributed by atoms with E-state index in [0.717, 1.165) is 11.1 Å². The Balaban J connectivity index is 1.84. The Morgan fingerprint density at radius 1 is 0.920 bits per heavy atom. The number of rotatable bonds is 5. The van der Waals surface area contributed by atoms with Crippen molar-refractivity contribution in [2.75, 3.05) is 4.72 Å². The summed E-state index contributed by atoms with van der Waals surface area (Å²) < 4.78 is 27.4. The molecule has 0 aliphatic carbocycles. The van der Waals surface area contributed by atoms with Crippen LogP contribution in [0, 0.1) is 0 Å². The molecule has 5 nitrogen and oxygen atoms in total. The molecule has 0 aliphatic rings. The van der Waals surface area contributed by atoms with E-state index in [9.17, 15) is 13.2 Å². The van der Waals surface area contributed by atoms with Gasteiger partial charge in [0.2, 0.25) is 0 Å². The maximum absolute atomic E-state index is 12.5. The normalized spacial score (nSPS) is 11.1. The second-order valence-electron chi connectivity index (χ2n) is 5.49. The van der Waals surface area contributed by atoms with Gasteiger partial charge in [-0.3, -0.25) is 9.52 Å². The molecule has 0 fully saturated rings. The molecule has 126 valence electrons. The third kappa shape index (κ3) is 3.92. The standard InChI is InChI=1S/C19H16N2O3S/c1-14(22)16-8-5-9-18(12-16)25(23,24)21-19-11-10-17(13-20-19)15-6-3-2-4-7-15/h2-13H,1H3,(H,20,21). The van der Waals surface area contributed by atoms with Gasteiger partial charge in [-0.2, -0.15) is 0 Å². The summed E-state index contributed by atoms with van der Waals surface area (Å²) in [6.45, 7) is 1.39. The predicted octanol–water partition coefficient (Wildman–Crippen LogP) is 3.75. The van der Waals surface area contributed by atoms with E-state index in [1.165, 1.54) is 25.1 Å². The number of anilines is 1. The van der Waals surface area contributed by atoms with Gasteiger partial charge in [0.05, 0.1) is 4.90 Å². The fourth-order valence-electron chi connectivity index (χ4n) is 2.33. The van der Waals surface area contributed by atoms with Crippen molar-refractivity contribution in [2.45, 2.75) is 11.8 Å². The molecule has 2 aromatic carbocycles. The number of benzene rings is 2. The summed E-state index contributed by atoms with van der Waals surface area (Å²) >= 11 is 0. The molecule has 1 N–H and O–H groups in total.